The maximum Gasteiger partial charge on any atom is 0.191 e. The Labute approximate surface area is 128 Å². The molecule has 0 aliphatic heterocycles. The number of ether oxygens (including phenoxy) is 1. The van der Waals surface area contributed by atoms with Gasteiger partial charge in [0.25, 0.3) is 0 Å². The third kappa shape index (κ3) is 7.14. The van der Waals surface area contributed by atoms with Gasteiger partial charge < -0.3 is 15.4 Å². The second-order valence-corrected chi connectivity index (χ2v) is 5.53. The summed E-state index contributed by atoms with van der Waals surface area (Å²) in [5, 5.41) is 6.61. The van der Waals surface area contributed by atoms with Crippen LogP contribution in [-0.2, 0) is 11.2 Å². The van der Waals surface area contributed by atoms with Gasteiger partial charge in [0.1, 0.15) is 0 Å². The van der Waals surface area contributed by atoms with Gasteiger partial charge in [-0.05, 0) is 37.2 Å². The van der Waals surface area contributed by atoms with E-state index in [0.717, 1.165) is 51.0 Å². The van der Waals surface area contributed by atoms with Crippen LogP contribution in [0.25, 0.3) is 0 Å². The quantitative estimate of drug-likeness (QED) is 0.416. The zero-order valence-corrected chi connectivity index (χ0v) is 13.0. The fourth-order valence-corrected chi connectivity index (χ4v) is 2.14. The van der Waals surface area contributed by atoms with Gasteiger partial charge in [-0.3, -0.25) is 4.99 Å². The number of hydrogen-bond acceptors (Lipinski definition) is 2. The lowest BCUT2D eigenvalue weighted by Gasteiger charge is -2.12. The van der Waals surface area contributed by atoms with E-state index in [2.05, 4.69) is 46.0 Å². The van der Waals surface area contributed by atoms with E-state index in [0.29, 0.717) is 0 Å². The van der Waals surface area contributed by atoms with Crippen LogP contribution in [0.1, 0.15) is 24.8 Å². The first-order valence-electron chi connectivity index (χ1n) is 7.94. The first-order chi connectivity index (χ1) is 10.4. The normalized spacial score (nSPS) is 15.0. The number of nitrogens with zero attached hydrogens (tertiary/aromatic N) is 1. The van der Waals surface area contributed by atoms with Gasteiger partial charge in [-0.25, -0.2) is 0 Å². The Hall–Kier alpha value is -1.55. The summed E-state index contributed by atoms with van der Waals surface area (Å²) in [6, 6.07) is 10.6. The van der Waals surface area contributed by atoms with Crippen molar-refractivity contribution in [2.24, 2.45) is 10.9 Å². The maximum atomic E-state index is 5.59. The smallest absolute Gasteiger partial charge is 0.191 e. The molecule has 1 fully saturated rings. The summed E-state index contributed by atoms with van der Waals surface area (Å²) in [5.74, 6) is 1.69. The van der Waals surface area contributed by atoms with Crippen LogP contribution in [0, 0.1) is 5.92 Å². The first kappa shape index (κ1) is 15.8. The molecular formula is C17H27N3O. The molecule has 0 saturated heterocycles. The van der Waals surface area contributed by atoms with E-state index in [1.807, 2.05) is 0 Å². The molecule has 0 atom stereocenters. The predicted molar refractivity (Wildman–Crippen MR) is 87.7 cm³/mol. The summed E-state index contributed by atoms with van der Waals surface area (Å²) in [6.07, 6.45) is 4.88. The molecule has 4 nitrogen and oxygen atoms in total. The monoisotopic (exact) mass is 289 g/mol. The van der Waals surface area contributed by atoms with Crippen molar-refractivity contribution in [2.75, 3.05) is 33.4 Å². The van der Waals surface area contributed by atoms with Crippen LogP contribution in [0.15, 0.2) is 35.3 Å². The molecule has 21 heavy (non-hydrogen) atoms. The van der Waals surface area contributed by atoms with E-state index in [1.165, 1.54) is 18.4 Å². The molecule has 4 heteroatoms. The van der Waals surface area contributed by atoms with Gasteiger partial charge in [0, 0.05) is 26.7 Å². The van der Waals surface area contributed by atoms with Crippen molar-refractivity contribution in [3.05, 3.63) is 35.9 Å². The van der Waals surface area contributed by atoms with Gasteiger partial charge in [0.05, 0.1) is 6.61 Å². The Morgan fingerprint density at radius 2 is 1.95 bits per heavy atom. The Bertz CT molecular complexity index is 415. The van der Waals surface area contributed by atoms with Crippen LogP contribution in [0.3, 0.4) is 0 Å². The van der Waals surface area contributed by atoms with Gasteiger partial charge in [0.15, 0.2) is 5.96 Å². The number of guanidine groups is 1. The minimum absolute atomic E-state index is 0.751. The van der Waals surface area contributed by atoms with Crippen molar-refractivity contribution in [3.8, 4) is 0 Å². The Balaban J connectivity index is 1.48. The molecule has 0 bridgehead atoms. The highest BCUT2D eigenvalue weighted by Crippen LogP contribution is 2.28. The fourth-order valence-electron chi connectivity index (χ4n) is 2.14. The highest BCUT2D eigenvalue weighted by atomic mass is 16.5. The van der Waals surface area contributed by atoms with Crippen LogP contribution in [0.2, 0.25) is 0 Å². The van der Waals surface area contributed by atoms with E-state index in [-0.39, 0.29) is 0 Å². The lowest BCUT2D eigenvalue weighted by atomic mass is 10.1. The Kier molecular flexibility index (Phi) is 7.08. The number of benzene rings is 1. The van der Waals surface area contributed by atoms with Crippen LogP contribution in [0.5, 0.6) is 0 Å². The molecule has 116 valence electrons. The van der Waals surface area contributed by atoms with E-state index in [9.17, 15) is 0 Å². The van der Waals surface area contributed by atoms with E-state index >= 15 is 0 Å². The fraction of sp³-hybridized carbons (Fsp3) is 0.588. The molecule has 0 heterocycles. The second kappa shape index (κ2) is 9.40. The Morgan fingerprint density at radius 3 is 2.67 bits per heavy atom. The van der Waals surface area contributed by atoms with Crippen LogP contribution in [-0.4, -0.2) is 39.3 Å². The molecule has 1 aromatic rings. The molecule has 0 aromatic heterocycles. The lowest BCUT2D eigenvalue weighted by molar-refractivity contribution is 0.129. The third-order valence-corrected chi connectivity index (χ3v) is 3.59. The average Bonchev–Trinajstić information content (AvgIpc) is 3.34. The lowest BCUT2D eigenvalue weighted by Crippen LogP contribution is -2.39. The highest BCUT2D eigenvalue weighted by molar-refractivity contribution is 5.79. The van der Waals surface area contributed by atoms with Crippen molar-refractivity contribution in [1.29, 1.82) is 0 Å². The average molecular weight is 289 g/mol. The number of aliphatic imine (C=N–C) groups is 1. The summed E-state index contributed by atoms with van der Waals surface area (Å²) in [7, 11) is 1.80. The minimum Gasteiger partial charge on any atom is -0.379 e. The van der Waals surface area contributed by atoms with Crippen LogP contribution >= 0.6 is 0 Å². The van der Waals surface area contributed by atoms with E-state index in [1.54, 1.807) is 7.05 Å². The van der Waals surface area contributed by atoms with Crippen LogP contribution < -0.4 is 10.6 Å². The van der Waals surface area contributed by atoms with Crippen molar-refractivity contribution < 1.29 is 4.74 Å². The molecule has 0 amide bonds. The molecule has 0 spiro atoms. The van der Waals surface area contributed by atoms with Gasteiger partial charge in [0.2, 0.25) is 0 Å². The highest BCUT2D eigenvalue weighted by Gasteiger charge is 2.20. The molecule has 1 aliphatic carbocycles. The van der Waals surface area contributed by atoms with Crippen molar-refractivity contribution >= 4 is 5.96 Å². The molecule has 1 aromatic carbocycles. The molecule has 0 unspecified atom stereocenters. The van der Waals surface area contributed by atoms with E-state index < -0.39 is 0 Å². The molecule has 2 rings (SSSR count). The largest absolute Gasteiger partial charge is 0.379 e. The molecular weight excluding hydrogens is 262 g/mol. The van der Waals surface area contributed by atoms with Crippen molar-refractivity contribution in [2.45, 2.75) is 25.7 Å². The number of rotatable bonds is 9. The molecule has 1 aliphatic rings. The summed E-state index contributed by atoms with van der Waals surface area (Å²) >= 11 is 0. The first-order valence-corrected chi connectivity index (χ1v) is 7.94. The van der Waals surface area contributed by atoms with Crippen molar-refractivity contribution in [1.82, 2.24) is 10.6 Å². The molecule has 2 N–H and O–H groups in total. The maximum absolute atomic E-state index is 5.59. The van der Waals surface area contributed by atoms with Gasteiger partial charge >= 0.3 is 0 Å². The van der Waals surface area contributed by atoms with Crippen LogP contribution in [0.4, 0.5) is 0 Å². The number of hydrogen-bond donors (Lipinski definition) is 2. The SMILES string of the molecule is CN=C(NCCCc1ccccc1)NCCOCC1CC1. The Morgan fingerprint density at radius 1 is 1.19 bits per heavy atom. The molecule has 0 radical (unpaired) electrons. The minimum atomic E-state index is 0.751. The summed E-state index contributed by atoms with van der Waals surface area (Å²) < 4.78 is 5.59. The topological polar surface area (TPSA) is 45.7 Å². The summed E-state index contributed by atoms with van der Waals surface area (Å²) in [4.78, 5) is 4.22. The van der Waals surface area contributed by atoms with Gasteiger partial charge in [-0.2, -0.15) is 0 Å². The zero-order valence-electron chi connectivity index (χ0n) is 13.0. The van der Waals surface area contributed by atoms with Crippen molar-refractivity contribution in [3.63, 3.8) is 0 Å². The summed E-state index contributed by atoms with van der Waals surface area (Å²) in [6.45, 7) is 3.41. The van der Waals surface area contributed by atoms with Gasteiger partial charge in [-0.15, -0.1) is 0 Å². The summed E-state index contributed by atoms with van der Waals surface area (Å²) in [5.41, 5.74) is 1.38. The third-order valence-electron chi connectivity index (χ3n) is 3.59. The zero-order chi connectivity index (χ0) is 14.8. The number of nitrogens with one attached hydrogen (secondary N) is 2. The van der Waals surface area contributed by atoms with Gasteiger partial charge in [-0.1, -0.05) is 30.3 Å². The number of aryl methyl sites for hydroxylation is 1. The second-order valence-electron chi connectivity index (χ2n) is 5.53. The molecule has 1 saturated carbocycles. The standard InChI is InChI=1S/C17H27N3O/c1-18-17(20-12-13-21-14-16-9-10-16)19-11-5-8-15-6-3-2-4-7-15/h2-4,6-7,16H,5,8-14H2,1H3,(H2,18,19,20). The van der Waals surface area contributed by atoms with E-state index in [4.69, 9.17) is 4.74 Å². The predicted octanol–water partition coefficient (Wildman–Crippen LogP) is 2.21.